The first-order valence-corrected chi connectivity index (χ1v) is 9.49. The zero-order valence-electron chi connectivity index (χ0n) is 16.7. The van der Waals surface area contributed by atoms with E-state index < -0.39 is 0 Å². The highest BCUT2D eigenvalue weighted by Gasteiger charge is 2.18. The highest BCUT2D eigenvalue weighted by atomic mass is 16.5. The Kier molecular flexibility index (Phi) is 5.49. The predicted molar refractivity (Wildman–Crippen MR) is 112 cm³/mol. The Labute approximate surface area is 177 Å². The van der Waals surface area contributed by atoms with Gasteiger partial charge in [-0.3, -0.25) is 9.59 Å². The second-order valence-electron chi connectivity index (χ2n) is 6.85. The average molecular weight is 414 g/mol. The van der Waals surface area contributed by atoms with Gasteiger partial charge in [-0.2, -0.15) is 5.26 Å². The number of H-pyrrole nitrogens is 1. The molecule has 4 aromatic rings. The number of hydrogen-bond donors (Lipinski definition) is 1. The van der Waals surface area contributed by atoms with Crippen molar-refractivity contribution in [2.75, 3.05) is 7.05 Å². The van der Waals surface area contributed by atoms with Gasteiger partial charge in [0.15, 0.2) is 5.76 Å². The van der Waals surface area contributed by atoms with Crippen LogP contribution in [0.3, 0.4) is 0 Å². The van der Waals surface area contributed by atoms with Gasteiger partial charge in [0.2, 0.25) is 0 Å². The van der Waals surface area contributed by atoms with E-state index in [4.69, 9.17) is 14.4 Å². The summed E-state index contributed by atoms with van der Waals surface area (Å²) < 4.78 is 11.2. The van der Waals surface area contributed by atoms with Crippen LogP contribution >= 0.6 is 0 Å². The van der Waals surface area contributed by atoms with Gasteiger partial charge in [-0.15, -0.1) is 0 Å². The summed E-state index contributed by atoms with van der Waals surface area (Å²) in [5.74, 6) is 1.04. The molecule has 0 saturated carbocycles. The fourth-order valence-electron chi connectivity index (χ4n) is 3.10. The number of rotatable bonds is 6. The van der Waals surface area contributed by atoms with Crippen molar-refractivity contribution in [3.8, 4) is 11.8 Å². The van der Waals surface area contributed by atoms with E-state index >= 15 is 0 Å². The van der Waals surface area contributed by atoms with Crippen molar-refractivity contribution in [3.63, 3.8) is 0 Å². The van der Waals surface area contributed by atoms with E-state index in [0.717, 1.165) is 0 Å². The van der Waals surface area contributed by atoms with E-state index in [-0.39, 0.29) is 30.4 Å². The van der Waals surface area contributed by atoms with Crippen molar-refractivity contribution in [1.82, 2.24) is 14.9 Å². The number of para-hydroxylation sites is 2. The summed E-state index contributed by atoms with van der Waals surface area (Å²) in [5.41, 5.74) is 0.732. The second-order valence-corrected chi connectivity index (χ2v) is 6.85. The lowest BCUT2D eigenvalue weighted by atomic mass is 10.2. The number of ether oxygens (including phenoxy) is 1. The van der Waals surface area contributed by atoms with E-state index in [1.165, 1.54) is 4.90 Å². The maximum Gasteiger partial charge on any atom is 0.289 e. The molecule has 0 aliphatic heterocycles. The molecule has 1 N–H and O–H groups in total. The quantitative estimate of drug-likeness (QED) is 0.518. The van der Waals surface area contributed by atoms with E-state index in [1.807, 2.05) is 0 Å². The molecular weight excluding hydrogens is 396 g/mol. The standard InChI is InChI=1S/C23H18N4O4/c1-27(13-21-25-18-8-4-3-7-17(18)22(28)26-21)23(29)20-11-10-16(31-20)14-30-19-9-5-2-6-15(19)12-24/h2-11H,13-14H2,1H3,(H,25,26,28). The molecule has 8 nitrogen and oxygen atoms in total. The number of carbonyl (C=O) groups excluding carboxylic acids is 1. The molecule has 31 heavy (non-hydrogen) atoms. The van der Waals surface area contributed by atoms with Crippen LogP contribution in [0.15, 0.2) is 69.9 Å². The van der Waals surface area contributed by atoms with Crippen LogP contribution in [-0.4, -0.2) is 27.8 Å². The van der Waals surface area contributed by atoms with Crippen molar-refractivity contribution in [2.24, 2.45) is 0 Å². The number of nitrogens with zero attached hydrogens (tertiary/aromatic N) is 3. The fourth-order valence-corrected chi connectivity index (χ4v) is 3.10. The summed E-state index contributed by atoms with van der Waals surface area (Å²) in [6.07, 6.45) is 0. The molecule has 0 fully saturated rings. The zero-order chi connectivity index (χ0) is 21.8. The summed E-state index contributed by atoms with van der Waals surface area (Å²) in [4.78, 5) is 33.4. The third-order valence-corrected chi connectivity index (χ3v) is 4.65. The molecule has 0 radical (unpaired) electrons. The number of fused-ring (bicyclic) bond motifs is 1. The Morgan fingerprint density at radius 2 is 1.94 bits per heavy atom. The van der Waals surface area contributed by atoms with Gasteiger partial charge in [-0.05, 0) is 36.4 Å². The summed E-state index contributed by atoms with van der Waals surface area (Å²) in [6.45, 7) is 0.191. The normalized spacial score (nSPS) is 10.6. The van der Waals surface area contributed by atoms with Crippen LogP contribution in [0.2, 0.25) is 0 Å². The Morgan fingerprint density at radius 3 is 2.77 bits per heavy atom. The van der Waals surface area contributed by atoms with Gasteiger partial charge < -0.3 is 19.0 Å². The van der Waals surface area contributed by atoms with Gasteiger partial charge in [-0.1, -0.05) is 24.3 Å². The van der Waals surface area contributed by atoms with Crippen LogP contribution < -0.4 is 10.3 Å². The van der Waals surface area contributed by atoms with Gasteiger partial charge in [-0.25, -0.2) is 4.98 Å². The number of carbonyl (C=O) groups is 1. The molecule has 154 valence electrons. The number of aromatic nitrogens is 2. The first-order chi connectivity index (χ1) is 15.0. The first kappa shape index (κ1) is 19.9. The van der Waals surface area contributed by atoms with Crippen molar-refractivity contribution >= 4 is 16.8 Å². The van der Waals surface area contributed by atoms with Gasteiger partial charge in [0.25, 0.3) is 11.5 Å². The highest BCUT2D eigenvalue weighted by Crippen LogP contribution is 2.19. The molecule has 2 aromatic heterocycles. The SMILES string of the molecule is CN(Cc1nc2ccccc2c(=O)[nH]1)C(=O)c1ccc(COc2ccccc2C#N)o1. The molecule has 0 aliphatic carbocycles. The molecule has 2 aromatic carbocycles. The van der Waals surface area contributed by atoms with Crippen LogP contribution in [0.25, 0.3) is 10.9 Å². The monoisotopic (exact) mass is 414 g/mol. The first-order valence-electron chi connectivity index (χ1n) is 9.49. The summed E-state index contributed by atoms with van der Waals surface area (Å²) in [5, 5.41) is 9.61. The minimum absolute atomic E-state index is 0.0786. The van der Waals surface area contributed by atoms with E-state index in [9.17, 15) is 9.59 Å². The molecule has 0 bridgehead atoms. The maximum atomic E-state index is 12.7. The Morgan fingerprint density at radius 1 is 1.16 bits per heavy atom. The van der Waals surface area contributed by atoms with Crippen molar-refractivity contribution in [1.29, 1.82) is 5.26 Å². The number of nitrogens with one attached hydrogen (secondary N) is 1. The number of hydrogen-bond acceptors (Lipinski definition) is 6. The Balaban J connectivity index is 1.43. The molecule has 0 saturated heterocycles. The lowest BCUT2D eigenvalue weighted by molar-refractivity contribution is 0.0745. The largest absolute Gasteiger partial charge is 0.484 e. The maximum absolute atomic E-state index is 12.7. The smallest absolute Gasteiger partial charge is 0.289 e. The minimum atomic E-state index is -0.362. The van der Waals surface area contributed by atoms with Crippen molar-refractivity contribution < 1.29 is 13.9 Å². The number of amides is 1. The Bertz CT molecular complexity index is 1350. The number of nitriles is 1. The molecule has 1 amide bonds. The summed E-state index contributed by atoms with van der Waals surface area (Å²) in [6, 6.07) is 19.2. The third-order valence-electron chi connectivity index (χ3n) is 4.65. The minimum Gasteiger partial charge on any atom is -0.484 e. The molecule has 0 aliphatic rings. The molecule has 2 heterocycles. The zero-order valence-corrected chi connectivity index (χ0v) is 16.7. The van der Waals surface area contributed by atoms with Crippen LogP contribution in [0, 0.1) is 11.3 Å². The molecule has 4 rings (SSSR count). The lowest BCUT2D eigenvalue weighted by Gasteiger charge is -2.15. The molecular formula is C23H18N4O4. The van der Waals surface area contributed by atoms with Crippen LogP contribution in [0.1, 0.15) is 27.7 Å². The van der Waals surface area contributed by atoms with Crippen LogP contribution in [0.4, 0.5) is 0 Å². The van der Waals surface area contributed by atoms with Gasteiger partial charge in [0.05, 0.1) is 23.0 Å². The fraction of sp³-hybridized carbons (Fsp3) is 0.130. The van der Waals surface area contributed by atoms with E-state index in [1.54, 1.807) is 67.7 Å². The molecule has 0 atom stereocenters. The Hall–Kier alpha value is -4.38. The predicted octanol–water partition coefficient (Wildman–Crippen LogP) is 3.24. The lowest BCUT2D eigenvalue weighted by Crippen LogP contribution is -2.28. The van der Waals surface area contributed by atoms with Gasteiger partial charge >= 0.3 is 0 Å². The molecule has 0 spiro atoms. The van der Waals surface area contributed by atoms with Crippen LogP contribution in [0.5, 0.6) is 5.75 Å². The number of aromatic amines is 1. The van der Waals surface area contributed by atoms with Crippen molar-refractivity contribution in [2.45, 2.75) is 13.2 Å². The number of furan rings is 1. The van der Waals surface area contributed by atoms with Gasteiger partial charge in [0, 0.05) is 7.05 Å². The third kappa shape index (κ3) is 4.31. The summed E-state index contributed by atoms with van der Waals surface area (Å²) >= 11 is 0. The van der Waals surface area contributed by atoms with Gasteiger partial charge in [0.1, 0.15) is 30.0 Å². The molecule has 0 unspecified atom stereocenters. The van der Waals surface area contributed by atoms with Crippen molar-refractivity contribution in [3.05, 3.63) is 93.9 Å². The highest BCUT2D eigenvalue weighted by molar-refractivity contribution is 5.91. The topological polar surface area (TPSA) is 112 Å². The average Bonchev–Trinajstić information content (AvgIpc) is 3.26. The van der Waals surface area contributed by atoms with E-state index in [0.29, 0.717) is 33.8 Å². The van der Waals surface area contributed by atoms with E-state index in [2.05, 4.69) is 16.0 Å². The second kappa shape index (κ2) is 8.55. The number of benzene rings is 2. The van der Waals surface area contributed by atoms with Crippen LogP contribution in [-0.2, 0) is 13.2 Å². The summed E-state index contributed by atoms with van der Waals surface area (Å²) in [7, 11) is 1.60. The molecule has 8 heteroatoms.